The molecule has 0 saturated carbocycles. The van der Waals surface area contributed by atoms with Gasteiger partial charge in [0.25, 0.3) is 0 Å². The van der Waals surface area contributed by atoms with Crippen LogP contribution < -0.4 is 15.4 Å². The van der Waals surface area contributed by atoms with E-state index in [0.29, 0.717) is 31.9 Å². The number of ether oxygens (including phenoxy) is 1. The van der Waals surface area contributed by atoms with Crippen molar-refractivity contribution in [3.8, 4) is 11.4 Å². The lowest BCUT2D eigenvalue weighted by Gasteiger charge is -2.34. The molecule has 3 aromatic rings. The van der Waals surface area contributed by atoms with Crippen LogP contribution in [0, 0.1) is 0 Å². The number of nitrogens with zero attached hydrogens (tertiary/aromatic N) is 3. The Kier molecular flexibility index (Phi) is 6.32. The monoisotopic (exact) mass is 423 g/mol. The van der Waals surface area contributed by atoms with E-state index in [-0.39, 0.29) is 18.2 Å². The van der Waals surface area contributed by atoms with Crippen LogP contribution in [0.3, 0.4) is 0 Å². The lowest BCUT2D eigenvalue weighted by molar-refractivity contribution is -0.134. The summed E-state index contributed by atoms with van der Waals surface area (Å²) >= 11 is 0. The SMILES string of the molecule is COc1ccccc1-n1cc(CNC(=O)CC2C(=O)NCCN2Cc2ccoc2)cn1. The van der Waals surface area contributed by atoms with E-state index in [1.807, 2.05) is 41.4 Å². The zero-order valence-corrected chi connectivity index (χ0v) is 17.3. The fraction of sp³-hybridized carbons (Fsp3) is 0.318. The molecule has 9 nitrogen and oxygen atoms in total. The van der Waals surface area contributed by atoms with E-state index in [2.05, 4.69) is 15.7 Å². The van der Waals surface area contributed by atoms with Crippen molar-refractivity contribution < 1.29 is 18.7 Å². The summed E-state index contributed by atoms with van der Waals surface area (Å²) in [6.07, 6.45) is 6.89. The number of carbonyl (C=O) groups is 2. The highest BCUT2D eigenvalue weighted by Gasteiger charge is 2.31. The van der Waals surface area contributed by atoms with Gasteiger partial charge in [0.15, 0.2) is 0 Å². The van der Waals surface area contributed by atoms with Crippen molar-refractivity contribution in [1.29, 1.82) is 0 Å². The van der Waals surface area contributed by atoms with Crippen molar-refractivity contribution in [2.24, 2.45) is 0 Å². The van der Waals surface area contributed by atoms with Gasteiger partial charge in [-0.2, -0.15) is 5.10 Å². The van der Waals surface area contributed by atoms with Crippen molar-refractivity contribution in [1.82, 2.24) is 25.3 Å². The van der Waals surface area contributed by atoms with Crippen LogP contribution in [0.4, 0.5) is 0 Å². The second kappa shape index (κ2) is 9.48. The topological polar surface area (TPSA) is 102 Å². The molecule has 1 aromatic carbocycles. The summed E-state index contributed by atoms with van der Waals surface area (Å²) in [4.78, 5) is 27.0. The van der Waals surface area contributed by atoms with E-state index < -0.39 is 6.04 Å². The first kappa shape index (κ1) is 20.7. The highest BCUT2D eigenvalue weighted by Crippen LogP contribution is 2.21. The number of methoxy groups -OCH3 is 1. The molecule has 1 aliphatic rings. The highest BCUT2D eigenvalue weighted by atomic mass is 16.5. The largest absolute Gasteiger partial charge is 0.494 e. The Labute approximate surface area is 180 Å². The molecule has 2 aromatic heterocycles. The van der Waals surface area contributed by atoms with Gasteiger partial charge >= 0.3 is 0 Å². The smallest absolute Gasteiger partial charge is 0.237 e. The molecule has 1 atom stereocenters. The van der Waals surface area contributed by atoms with Crippen molar-refractivity contribution in [2.75, 3.05) is 20.2 Å². The molecule has 3 heterocycles. The van der Waals surface area contributed by atoms with Crippen LogP contribution in [0.2, 0.25) is 0 Å². The Hall–Kier alpha value is -3.59. The third-order valence-corrected chi connectivity index (χ3v) is 5.24. The number of piperazine rings is 1. The summed E-state index contributed by atoms with van der Waals surface area (Å²) in [5, 5.41) is 10.1. The average Bonchev–Trinajstić information content (AvgIpc) is 3.47. The molecule has 2 amide bonds. The maximum atomic E-state index is 12.6. The summed E-state index contributed by atoms with van der Waals surface area (Å²) in [5.74, 6) is 0.389. The van der Waals surface area contributed by atoms with E-state index in [4.69, 9.17) is 9.15 Å². The van der Waals surface area contributed by atoms with Crippen molar-refractivity contribution in [3.63, 3.8) is 0 Å². The first-order chi connectivity index (χ1) is 15.1. The first-order valence-electron chi connectivity index (χ1n) is 10.1. The zero-order valence-electron chi connectivity index (χ0n) is 17.3. The number of aromatic nitrogens is 2. The molecule has 162 valence electrons. The van der Waals surface area contributed by atoms with Gasteiger partial charge in [0, 0.05) is 43.5 Å². The standard InChI is InChI=1S/C22H25N5O4/c1-30-20-5-3-2-4-18(20)27-14-17(12-25-27)11-24-21(28)10-19-22(29)23-7-8-26(19)13-16-6-9-31-15-16/h2-6,9,12,14-15,19H,7-8,10-11,13H2,1H3,(H,23,29)(H,24,28). The van der Waals surface area contributed by atoms with E-state index in [9.17, 15) is 9.59 Å². The number of carbonyl (C=O) groups excluding carboxylic acids is 2. The number of para-hydroxylation sites is 2. The number of hydrogen-bond donors (Lipinski definition) is 2. The quantitative estimate of drug-likeness (QED) is 0.569. The Morgan fingerprint density at radius 1 is 1.32 bits per heavy atom. The second-order valence-corrected chi connectivity index (χ2v) is 7.35. The molecule has 31 heavy (non-hydrogen) atoms. The molecule has 2 N–H and O–H groups in total. The number of amides is 2. The van der Waals surface area contributed by atoms with Gasteiger partial charge < -0.3 is 19.8 Å². The van der Waals surface area contributed by atoms with E-state index >= 15 is 0 Å². The van der Waals surface area contributed by atoms with Crippen LogP contribution in [-0.4, -0.2) is 52.7 Å². The zero-order chi connectivity index (χ0) is 21.6. The van der Waals surface area contributed by atoms with Crippen molar-refractivity contribution in [2.45, 2.75) is 25.6 Å². The third-order valence-electron chi connectivity index (χ3n) is 5.24. The Morgan fingerprint density at radius 2 is 2.19 bits per heavy atom. The molecule has 0 aliphatic carbocycles. The van der Waals surface area contributed by atoms with Gasteiger partial charge in [0.1, 0.15) is 11.4 Å². The Bertz CT molecular complexity index is 1030. The fourth-order valence-electron chi connectivity index (χ4n) is 3.64. The summed E-state index contributed by atoms with van der Waals surface area (Å²) < 4.78 is 12.2. The Morgan fingerprint density at radius 3 is 3.00 bits per heavy atom. The highest BCUT2D eigenvalue weighted by molar-refractivity contribution is 5.88. The van der Waals surface area contributed by atoms with Gasteiger partial charge in [-0.3, -0.25) is 14.5 Å². The predicted octanol–water partition coefficient (Wildman–Crippen LogP) is 1.48. The van der Waals surface area contributed by atoms with Crippen molar-refractivity contribution >= 4 is 11.8 Å². The molecule has 1 saturated heterocycles. The van der Waals surface area contributed by atoms with E-state index in [1.54, 1.807) is 30.5 Å². The number of furan rings is 1. The second-order valence-electron chi connectivity index (χ2n) is 7.35. The number of benzene rings is 1. The van der Waals surface area contributed by atoms with Gasteiger partial charge in [-0.25, -0.2) is 4.68 Å². The van der Waals surface area contributed by atoms with Crippen LogP contribution >= 0.6 is 0 Å². The van der Waals surface area contributed by atoms with Gasteiger partial charge in [-0.1, -0.05) is 12.1 Å². The van der Waals surface area contributed by atoms with Crippen LogP contribution in [-0.2, 0) is 22.7 Å². The predicted molar refractivity (Wildman–Crippen MR) is 112 cm³/mol. The molecule has 4 rings (SSSR count). The summed E-state index contributed by atoms with van der Waals surface area (Å²) in [7, 11) is 1.61. The van der Waals surface area contributed by atoms with Gasteiger partial charge in [-0.15, -0.1) is 0 Å². The van der Waals surface area contributed by atoms with Crippen molar-refractivity contribution in [3.05, 3.63) is 66.4 Å². The molecule has 1 unspecified atom stereocenters. The average molecular weight is 423 g/mol. The van der Waals surface area contributed by atoms with Crippen LogP contribution in [0.15, 0.2) is 59.7 Å². The minimum atomic E-state index is -0.514. The summed E-state index contributed by atoms with van der Waals surface area (Å²) in [6.45, 7) is 2.13. The molecule has 1 aliphatic heterocycles. The summed E-state index contributed by atoms with van der Waals surface area (Å²) in [5.41, 5.74) is 2.64. The minimum absolute atomic E-state index is 0.0876. The minimum Gasteiger partial charge on any atom is -0.494 e. The van der Waals surface area contributed by atoms with Gasteiger partial charge in [0.05, 0.1) is 38.3 Å². The van der Waals surface area contributed by atoms with Gasteiger partial charge in [0.2, 0.25) is 11.8 Å². The van der Waals surface area contributed by atoms with E-state index in [0.717, 1.165) is 16.8 Å². The maximum absolute atomic E-state index is 12.6. The van der Waals surface area contributed by atoms with Crippen LogP contribution in [0.25, 0.3) is 5.69 Å². The number of hydrogen-bond acceptors (Lipinski definition) is 6. The molecule has 9 heteroatoms. The molecule has 0 bridgehead atoms. The lowest BCUT2D eigenvalue weighted by atomic mass is 10.1. The molecule has 0 radical (unpaired) electrons. The lowest BCUT2D eigenvalue weighted by Crippen LogP contribution is -2.56. The van der Waals surface area contributed by atoms with Crippen LogP contribution in [0.5, 0.6) is 5.75 Å². The maximum Gasteiger partial charge on any atom is 0.237 e. The molecular weight excluding hydrogens is 398 g/mol. The fourth-order valence-corrected chi connectivity index (χ4v) is 3.64. The normalized spacial score (nSPS) is 16.7. The first-order valence-corrected chi connectivity index (χ1v) is 10.1. The van der Waals surface area contributed by atoms with E-state index in [1.165, 1.54) is 0 Å². The van der Waals surface area contributed by atoms with Gasteiger partial charge in [-0.05, 0) is 18.2 Å². The summed E-state index contributed by atoms with van der Waals surface area (Å²) in [6, 6.07) is 8.92. The third kappa shape index (κ3) is 4.95. The molecular formula is C22H25N5O4. The van der Waals surface area contributed by atoms with Crippen LogP contribution in [0.1, 0.15) is 17.5 Å². The molecule has 1 fully saturated rings. The number of rotatable bonds is 8. The Balaban J connectivity index is 1.35. The number of nitrogens with one attached hydrogen (secondary N) is 2. The molecule has 0 spiro atoms.